The summed E-state index contributed by atoms with van der Waals surface area (Å²) in [4.78, 5) is 0. The lowest BCUT2D eigenvalue weighted by Gasteiger charge is -2.36. The van der Waals surface area contributed by atoms with E-state index in [2.05, 4.69) is 0 Å². The minimum absolute atomic E-state index is 0. The Morgan fingerprint density at radius 3 is 2.10 bits per heavy atom. The minimum atomic E-state index is -0.422. The van der Waals surface area contributed by atoms with Crippen LogP contribution in [-0.2, 0) is 6.54 Å². The topological polar surface area (TPSA) is 75.7 Å². The van der Waals surface area contributed by atoms with E-state index in [0.29, 0.717) is 35.6 Å². The highest BCUT2D eigenvalue weighted by Crippen LogP contribution is 2.24. The molecule has 21 heavy (non-hydrogen) atoms. The van der Waals surface area contributed by atoms with Gasteiger partial charge in [0.25, 0.3) is 0 Å². The van der Waals surface area contributed by atoms with Gasteiger partial charge in [0.1, 0.15) is 37.6 Å². The Morgan fingerprint density at radius 2 is 1.71 bits per heavy atom. The molecular weight excluding hydrogens is 292 g/mol. The third-order valence-corrected chi connectivity index (χ3v) is 3.27. The van der Waals surface area contributed by atoms with Crippen molar-refractivity contribution in [2.24, 2.45) is 0 Å². The van der Waals surface area contributed by atoms with Gasteiger partial charge in [-0.2, -0.15) is 0 Å². The van der Waals surface area contributed by atoms with E-state index >= 15 is 0 Å². The Labute approximate surface area is 133 Å². The van der Waals surface area contributed by atoms with Gasteiger partial charge in [0.15, 0.2) is 0 Å². The van der Waals surface area contributed by atoms with Crippen LogP contribution in [-0.4, -0.2) is 54.2 Å². The molecule has 0 amide bonds. The van der Waals surface area contributed by atoms with Crippen molar-refractivity contribution in [1.29, 1.82) is 0 Å². The molecule has 0 spiro atoms. The van der Waals surface area contributed by atoms with E-state index in [0.717, 1.165) is 5.56 Å². The maximum absolute atomic E-state index is 9.67. The third kappa shape index (κ3) is 6.52. The standard InChI is InChI=1S/C15H27N2O3.ClH/c1-11(18)8-17(3,9-12(2)19)10-13-5-6-15(20-4)14(16)7-13;/h5-7,11-12,18-19H,8-10,16H2,1-4H3;1H/q+1;/p-1. The normalized spacial score (nSPS) is 16.5. The highest BCUT2D eigenvalue weighted by atomic mass is 35.5. The molecule has 2 atom stereocenters. The number of quaternary nitrogens is 1. The Kier molecular flexibility index (Phi) is 8.03. The lowest BCUT2D eigenvalue weighted by molar-refractivity contribution is -0.927. The van der Waals surface area contributed by atoms with E-state index in [9.17, 15) is 10.2 Å². The van der Waals surface area contributed by atoms with Gasteiger partial charge in [0.05, 0.1) is 19.8 Å². The Bertz CT molecular complexity index is 429. The second-order valence-electron chi connectivity index (χ2n) is 5.92. The number of aliphatic hydroxyl groups is 2. The summed E-state index contributed by atoms with van der Waals surface area (Å²) >= 11 is 0. The van der Waals surface area contributed by atoms with Gasteiger partial charge in [0.2, 0.25) is 0 Å². The van der Waals surface area contributed by atoms with Crippen molar-refractivity contribution in [1.82, 2.24) is 0 Å². The summed E-state index contributed by atoms with van der Waals surface area (Å²) in [6.07, 6.45) is -0.844. The van der Waals surface area contributed by atoms with Crippen molar-refractivity contribution in [3.63, 3.8) is 0 Å². The van der Waals surface area contributed by atoms with Crippen LogP contribution in [0.5, 0.6) is 5.75 Å². The van der Waals surface area contributed by atoms with Gasteiger partial charge >= 0.3 is 0 Å². The number of rotatable bonds is 7. The molecule has 0 radical (unpaired) electrons. The van der Waals surface area contributed by atoms with Gasteiger partial charge in [-0.3, -0.25) is 0 Å². The largest absolute Gasteiger partial charge is 1.00 e. The predicted octanol–water partition coefficient (Wildman–Crippen LogP) is -2.01. The van der Waals surface area contributed by atoms with Crippen LogP contribution < -0.4 is 22.9 Å². The number of nitrogen functional groups attached to an aromatic ring is 1. The number of methoxy groups -OCH3 is 1. The average molecular weight is 319 g/mol. The number of halogens is 1. The highest BCUT2D eigenvalue weighted by molar-refractivity contribution is 5.54. The number of ether oxygens (including phenoxy) is 1. The average Bonchev–Trinajstić information content (AvgIpc) is 2.26. The van der Waals surface area contributed by atoms with E-state index in [1.807, 2.05) is 25.2 Å². The number of nitrogens with two attached hydrogens (primary N) is 1. The van der Waals surface area contributed by atoms with Crippen LogP contribution in [0, 0.1) is 0 Å². The van der Waals surface area contributed by atoms with Crippen LogP contribution in [0.25, 0.3) is 0 Å². The summed E-state index contributed by atoms with van der Waals surface area (Å²) in [5.74, 6) is 0.661. The molecule has 0 aromatic heterocycles. The first kappa shape index (κ1) is 20.0. The van der Waals surface area contributed by atoms with Crippen LogP contribution in [0.2, 0.25) is 0 Å². The maximum Gasteiger partial charge on any atom is 0.141 e. The van der Waals surface area contributed by atoms with Crippen LogP contribution in [0.4, 0.5) is 5.69 Å². The van der Waals surface area contributed by atoms with Crippen LogP contribution >= 0.6 is 0 Å². The second-order valence-corrected chi connectivity index (χ2v) is 5.92. The van der Waals surface area contributed by atoms with Gasteiger partial charge in [-0.05, 0) is 32.0 Å². The first-order chi connectivity index (χ1) is 9.25. The summed E-state index contributed by atoms with van der Waals surface area (Å²) in [6.45, 7) is 5.39. The molecule has 6 heteroatoms. The van der Waals surface area contributed by atoms with Crippen molar-refractivity contribution in [2.45, 2.75) is 32.6 Å². The smallest absolute Gasteiger partial charge is 0.141 e. The summed E-state index contributed by atoms with van der Waals surface area (Å²) in [5.41, 5.74) is 7.59. The summed E-state index contributed by atoms with van der Waals surface area (Å²) in [7, 11) is 3.62. The first-order valence-electron chi connectivity index (χ1n) is 6.88. The second kappa shape index (κ2) is 8.44. The molecule has 122 valence electrons. The van der Waals surface area contributed by atoms with Crippen molar-refractivity contribution in [3.05, 3.63) is 23.8 Å². The van der Waals surface area contributed by atoms with Gasteiger partial charge in [-0.15, -0.1) is 0 Å². The molecule has 4 N–H and O–H groups in total. The summed E-state index contributed by atoms with van der Waals surface area (Å²) < 4.78 is 5.71. The fraction of sp³-hybridized carbons (Fsp3) is 0.600. The maximum atomic E-state index is 9.67. The zero-order chi connectivity index (χ0) is 15.3. The fourth-order valence-electron chi connectivity index (χ4n) is 2.80. The van der Waals surface area contributed by atoms with E-state index in [-0.39, 0.29) is 12.4 Å². The van der Waals surface area contributed by atoms with Gasteiger partial charge < -0.3 is 37.6 Å². The molecule has 0 bridgehead atoms. The molecule has 2 unspecified atom stereocenters. The number of aliphatic hydroxyl groups excluding tert-OH is 2. The van der Waals surface area contributed by atoms with Crippen molar-refractivity contribution in [2.75, 3.05) is 33.0 Å². The molecule has 0 fully saturated rings. The molecule has 1 aromatic rings. The Hall–Kier alpha value is -1.01. The molecular formula is C15H27ClN2O3. The van der Waals surface area contributed by atoms with E-state index < -0.39 is 12.2 Å². The first-order valence-corrected chi connectivity index (χ1v) is 6.88. The minimum Gasteiger partial charge on any atom is -1.00 e. The molecule has 0 aliphatic heterocycles. The van der Waals surface area contributed by atoms with Crippen LogP contribution in [0.15, 0.2) is 18.2 Å². The van der Waals surface area contributed by atoms with Crippen LogP contribution in [0.3, 0.4) is 0 Å². The summed E-state index contributed by atoms with van der Waals surface area (Å²) in [5, 5.41) is 19.3. The number of anilines is 1. The van der Waals surface area contributed by atoms with Gasteiger partial charge in [0, 0.05) is 5.56 Å². The predicted molar refractivity (Wildman–Crippen MR) is 80.4 cm³/mol. The number of likely N-dealkylation sites (N-methyl/N-ethyl adjacent to an activating group) is 1. The SMILES string of the molecule is COc1ccc(C[N+](C)(CC(C)O)CC(C)O)cc1N.[Cl-]. The molecule has 0 saturated heterocycles. The summed E-state index contributed by atoms with van der Waals surface area (Å²) in [6, 6.07) is 5.70. The lowest BCUT2D eigenvalue weighted by atomic mass is 10.1. The van der Waals surface area contributed by atoms with E-state index in [1.54, 1.807) is 21.0 Å². The zero-order valence-electron chi connectivity index (χ0n) is 13.2. The van der Waals surface area contributed by atoms with Crippen molar-refractivity contribution >= 4 is 5.69 Å². The Balaban J connectivity index is 0.00000400. The number of nitrogens with zero attached hydrogens (tertiary/aromatic N) is 1. The van der Waals surface area contributed by atoms with Crippen LogP contribution in [0.1, 0.15) is 19.4 Å². The molecule has 0 aliphatic rings. The van der Waals surface area contributed by atoms with Gasteiger partial charge in [-0.1, -0.05) is 0 Å². The number of hydrogen-bond acceptors (Lipinski definition) is 4. The number of hydrogen-bond donors (Lipinski definition) is 3. The van der Waals surface area contributed by atoms with Crippen molar-refractivity contribution < 1.29 is 31.8 Å². The quantitative estimate of drug-likeness (QED) is 0.401. The molecule has 0 heterocycles. The molecule has 1 aromatic carbocycles. The molecule has 0 saturated carbocycles. The van der Waals surface area contributed by atoms with Gasteiger partial charge in [-0.25, -0.2) is 0 Å². The van der Waals surface area contributed by atoms with E-state index in [1.165, 1.54) is 0 Å². The third-order valence-electron chi connectivity index (χ3n) is 3.27. The fourth-order valence-corrected chi connectivity index (χ4v) is 2.80. The number of benzene rings is 1. The van der Waals surface area contributed by atoms with E-state index in [4.69, 9.17) is 10.5 Å². The van der Waals surface area contributed by atoms with Crippen molar-refractivity contribution in [3.8, 4) is 5.75 Å². The molecule has 0 aliphatic carbocycles. The molecule has 1 rings (SSSR count). The lowest BCUT2D eigenvalue weighted by Crippen LogP contribution is -3.00. The Morgan fingerprint density at radius 1 is 1.19 bits per heavy atom. The highest BCUT2D eigenvalue weighted by Gasteiger charge is 2.26. The molecule has 5 nitrogen and oxygen atoms in total. The zero-order valence-corrected chi connectivity index (χ0v) is 14.0. The monoisotopic (exact) mass is 318 g/mol.